The number of hydrogen-bond donors (Lipinski definition) is 2. The molecule has 1 atom stereocenters. The molecule has 0 aliphatic rings. The predicted octanol–water partition coefficient (Wildman–Crippen LogP) is 0.843. The Hall–Kier alpha value is -0.910. The zero-order chi connectivity index (χ0) is 12.0. The van der Waals surface area contributed by atoms with Crippen molar-refractivity contribution in [1.82, 2.24) is 4.72 Å². The molecule has 5 heteroatoms. The number of sulfonamides is 1. The van der Waals surface area contributed by atoms with Gasteiger partial charge in [-0.25, -0.2) is 13.1 Å². The van der Waals surface area contributed by atoms with Crippen LogP contribution in [0.4, 0.5) is 0 Å². The molecule has 0 bridgehead atoms. The van der Waals surface area contributed by atoms with E-state index in [9.17, 15) is 8.42 Å². The van der Waals surface area contributed by atoms with Crippen molar-refractivity contribution in [2.24, 2.45) is 5.73 Å². The van der Waals surface area contributed by atoms with Crippen LogP contribution in [0.3, 0.4) is 0 Å². The second-order valence-corrected chi connectivity index (χ2v) is 5.46. The zero-order valence-electron chi connectivity index (χ0n) is 9.39. The Bertz CT molecular complexity index is 399. The van der Waals surface area contributed by atoms with Gasteiger partial charge in [-0.1, -0.05) is 37.3 Å². The summed E-state index contributed by atoms with van der Waals surface area (Å²) >= 11 is 0. The molecule has 0 saturated heterocycles. The molecular formula is C11H18N2O2S. The zero-order valence-corrected chi connectivity index (χ0v) is 10.2. The van der Waals surface area contributed by atoms with Gasteiger partial charge in [-0.15, -0.1) is 0 Å². The molecule has 1 aromatic rings. The summed E-state index contributed by atoms with van der Waals surface area (Å²) in [6.45, 7) is 2.23. The van der Waals surface area contributed by atoms with Crippen molar-refractivity contribution in [3.63, 3.8) is 0 Å². The Balaban J connectivity index is 2.66. The van der Waals surface area contributed by atoms with Gasteiger partial charge in [0.15, 0.2) is 0 Å². The molecule has 1 aromatic carbocycles. The van der Waals surface area contributed by atoms with Gasteiger partial charge >= 0.3 is 0 Å². The van der Waals surface area contributed by atoms with Gasteiger partial charge in [-0.3, -0.25) is 0 Å². The Morgan fingerprint density at radius 3 is 2.44 bits per heavy atom. The fourth-order valence-electron chi connectivity index (χ4n) is 1.39. The van der Waals surface area contributed by atoms with E-state index in [-0.39, 0.29) is 11.8 Å². The summed E-state index contributed by atoms with van der Waals surface area (Å²) in [4.78, 5) is 0. The smallest absolute Gasteiger partial charge is 0.216 e. The lowest BCUT2D eigenvalue weighted by Gasteiger charge is -2.14. The Kier molecular flexibility index (Phi) is 4.92. The lowest BCUT2D eigenvalue weighted by Crippen LogP contribution is -2.40. The first-order valence-electron chi connectivity index (χ1n) is 5.31. The van der Waals surface area contributed by atoms with Crippen molar-refractivity contribution < 1.29 is 8.42 Å². The summed E-state index contributed by atoms with van der Waals surface area (Å²) in [7, 11) is -3.29. The summed E-state index contributed by atoms with van der Waals surface area (Å²) in [6, 6.07) is 8.92. The molecule has 0 saturated carbocycles. The molecule has 0 radical (unpaired) electrons. The van der Waals surface area contributed by atoms with E-state index < -0.39 is 10.0 Å². The lowest BCUT2D eigenvalue weighted by atomic mass is 10.2. The third kappa shape index (κ3) is 4.30. The summed E-state index contributed by atoms with van der Waals surface area (Å²) in [5.41, 5.74) is 6.24. The van der Waals surface area contributed by atoms with Gasteiger partial charge in [0.1, 0.15) is 0 Å². The van der Waals surface area contributed by atoms with Crippen molar-refractivity contribution in [3.05, 3.63) is 35.9 Å². The van der Waals surface area contributed by atoms with E-state index in [2.05, 4.69) is 4.72 Å². The van der Waals surface area contributed by atoms with Gasteiger partial charge in [0.2, 0.25) is 10.0 Å². The molecule has 0 aromatic heterocycles. The van der Waals surface area contributed by atoms with Crippen LogP contribution in [0.5, 0.6) is 0 Å². The lowest BCUT2D eigenvalue weighted by molar-refractivity contribution is 0.542. The minimum Gasteiger partial charge on any atom is -0.329 e. The molecule has 90 valence electrons. The largest absolute Gasteiger partial charge is 0.329 e. The first-order chi connectivity index (χ1) is 7.57. The molecule has 0 amide bonds. The van der Waals surface area contributed by atoms with Crippen LogP contribution in [-0.4, -0.2) is 21.0 Å². The van der Waals surface area contributed by atoms with Crippen LogP contribution in [0.15, 0.2) is 30.3 Å². The molecule has 0 heterocycles. The van der Waals surface area contributed by atoms with Gasteiger partial charge in [0.25, 0.3) is 0 Å². The SMILES string of the molecule is CCC(CN)NS(=O)(=O)Cc1ccccc1. The van der Waals surface area contributed by atoms with Gasteiger partial charge in [0.05, 0.1) is 5.75 Å². The highest BCUT2D eigenvalue weighted by molar-refractivity contribution is 7.88. The Morgan fingerprint density at radius 1 is 1.31 bits per heavy atom. The average Bonchev–Trinajstić information content (AvgIpc) is 2.26. The summed E-state index contributed by atoms with van der Waals surface area (Å²) in [6.07, 6.45) is 0.699. The molecule has 0 aliphatic carbocycles. The van der Waals surface area contributed by atoms with E-state index in [0.29, 0.717) is 13.0 Å². The summed E-state index contributed by atoms with van der Waals surface area (Å²) in [5, 5.41) is 0. The van der Waals surface area contributed by atoms with Crippen molar-refractivity contribution in [2.75, 3.05) is 6.54 Å². The van der Waals surface area contributed by atoms with Crippen LogP contribution in [-0.2, 0) is 15.8 Å². The fourth-order valence-corrected chi connectivity index (χ4v) is 2.87. The van der Waals surface area contributed by atoms with E-state index in [4.69, 9.17) is 5.73 Å². The molecule has 0 fully saturated rings. The molecule has 0 spiro atoms. The molecule has 0 aliphatic heterocycles. The molecule has 4 nitrogen and oxygen atoms in total. The first kappa shape index (κ1) is 13.2. The minimum absolute atomic E-state index is 0.00431. The van der Waals surface area contributed by atoms with Crippen LogP contribution in [0.25, 0.3) is 0 Å². The minimum atomic E-state index is -3.29. The van der Waals surface area contributed by atoms with Crippen LogP contribution < -0.4 is 10.5 Å². The van der Waals surface area contributed by atoms with Crippen LogP contribution >= 0.6 is 0 Å². The summed E-state index contributed by atoms with van der Waals surface area (Å²) < 4.78 is 26.1. The average molecular weight is 242 g/mol. The summed E-state index contributed by atoms with van der Waals surface area (Å²) in [5.74, 6) is 0.00431. The van der Waals surface area contributed by atoms with Crippen LogP contribution in [0.1, 0.15) is 18.9 Å². The second kappa shape index (κ2) is 5.98. The van der Waals surface area contributed by atoms with E-state index in [1.54, 1.807) is 12.1 Å². The quantitative estimate of drug-likeness (QED) is 0.776. The highest BCUT2D eigenvalue weighted by Gasteiger charge is 2.15. The van der Waals surface area contributed by atoms with Gasteiger partial charge in [-0.2, -0.15) is 0 Å². The number of nitrogens with one attached hydrogen (secondary N) is 1. The molecular weight excluding hydrogens is 224 g/mol. The van der Waals surface area contributed by atoms with Crippen molar-refractivity contribution in [3.8, 4) is 0 Å². The second-order valence-electron chi connectivity index (χ2n) is 3.70. The van der Waals surface area contributed by atoms with Crippen LogP contribution in [0, 0.1) is 0 Å². The maximum atomic E-state index is 11.8. The Morgan fingerprint density at radius 2 is 1.94 bits per heavy atom. The van der Waals surface area contributed by atoms with Gasteiger partial charge in [0, 0.05) is 12.6 Å². The monoisotopic (exact) mass is 242 g/mol. The van der Waals surface area contributed by atoms with E-state index in [1.165, 1.54) is 0 Å². The molecule has 16 heavy (non-hydrogen) atoms. The highest BCUT2D eigenvalue weighted by atomic mass is 32.2. The molecule has 1 unspecified atom stereocenters. The van der Waals surface area contributed by atoms with E-state index in [0.717, 1.165) is 5.56 Å². The number of rotatable bonds is 6. The highest BCUT2D eigenvalue weighted by Crippen LogP contribution is 2.05. The van der Waals surface area contributed by atoms with Crippen molar-refractivity contribution in [2.45, 2.75) is 25.1 Å². The van der Waals surface area contributed by atoms with Crippen LogP contribution in [0.2, 0.25) is 0 Å². The van der Waals surface area contributed by atoms with E-state index in [1.807, 2.05) is 25.1 Å². The van der Waals surface area contributed by atoms with Crippen molar-refractivity contribution >= 4 is 10.0 Å². The Labute approximate surface area is 96.9 Å². The fraction of sp³-hybridized carbons (Fsp3) is 0.455. The third-order valence-electron chi connectivity index (χ3n) is 2.32. The standard InChI is InChI=1S/C11H18N2O2S/c1-2-11(8-12)13-16(14,15)9-10-6-4-3-5-7-10/h3-7,11,13H,2,8-9,12H2,1H3. The normalized spacial score (nSPS) is 13.6. The van der Waals surface area contributed by atoms with Crippen molar-refractivity contribution in [1.29, 1.82) is 0 Å². The van der Waals surface area contributed by atoms with Gasteiger partial charge < -0.3 is 5.73 Å². The number of hydrogen-bond acceptors (Lipinski definition) is 3. The topological polar surface area (TPSA) is 72.2 Å². The molecule has 3 N–H and O–H groups in total. The number of benzene rings is 1. The number of nitrogens with two attached hydrogens (primary N) is 1. The predicted molar refractivity (Wildman–Crippen MR) is 65.3 cm³/mol. The molecule has 1 rings (SSSR count). The maximum Gasteiger partial charge on any atom is 0.216 e. The first-order valence-corrected chi connectivity index (χ1v) is 6.96. The van der Waals surface area contributed by atoms with E-state index >= 15 is 0 Å². The van der Waals surface area contributed by atoms with Gasteiger partial charge in [-0.05, 0) is 12.0 Å². The third-order valence-corrected chi connectivity index (χ3v) is 3.73. The maximum absolute atomic E-state index is 11.8.